The number of carbonyl (C=O) groups excluding carboxylic acids is 1. The zero-order valence-corrected chi connectivity index (χ0v) is 19.2. The summed E-state index contributed by atoms with van der Waals surface area (Å²) in [7, 11) is 3.16. The highest BCUT2D eigenvalue weighted by atomic mass is 19.1. The lowest BCUT2D eigenvalue weighted by atomic mass is 10.1. The molecule has 0 saturated carbocycles. The van der Waals surface area contributed by atoms with Gasteiger partial charge in [-0.3, -0.25) is 4.79 Å². The summed E-state index contributed by atoms with van der Waals surface area (Å²) in [5.74, 6) is 1.28. The highest BCUT2D eigenvalue weighted by Crippen LogP contribution is 2.34. The van der Waals surface area contributed by atoms with Crippen LogP contribution >= 0.6 is 0 Å². The van der Waals surface area contributed by atoms with Crippen LogP contribution in [-0.2, 0) is 13.1 Å². The maximum atomic E-state index is 13.4. The maximum absolute atomic E-state index is 13.4. The molecule has 1 heterocycles. The molecule has 0 N–H and O–H groups in total. The quantitative estimate of drug-likeness (QED) is 0.340. The number of hydrogen-bond donors (Lipinski definition) is 0. The minimum Gasteiger partial charge on any atom is -0.497 e. The minimum atomic E-state index is -0.325. The molecule has 0 unspecified atom stereocenters. The normalized spacial score (nSPS) is 10.7. The van der Waals surface area contributed by atoms with Gasteiger partial charge in [0.25, 0.3) is 5.91 Å². The molecule has 0 bridgehead atoms. The highest BCUT2D eigenvalue weighted by molar-refractivity contribution is 5.94. The molecule has 34 heavy (non-hydrogen) atoms. The summed E-state index contributed by atoms with van der Waals surface area (Å²) in [6.07, 6.45) is 0. The SMILES string of the molecule is COc1ccc(OC)c(-c2cc(CN(Cc3ccc(F)cc3)C(=O)c3ccc(C)cc3)no2)c1. The average Bonchev–Trinajstić information content (AvgIpc) is 3.33. The van der Waals surface area contributed by atoms with E-state index in [1.165, 1.54) is 12.1 Å². The van der Waals surface area contributed by atoms with Crippen LogP contribution in [0.4, 0.5) is 4.39 Å². The van der Waals surface area contributed by atoms with E-state index in [0.717, 1.165) is 11.1 Å². The Hall–Kier alpha value is -4.13. The van der Waals surface area contributed by atoms with Gasteiger partial charge in [0.2, 0.25) is 0 Å². The number of aromatic nitrogens is 1. The molecule has 1 aromatic heterocycles. The highest BCUT2D eigenvalue weighted by Gasteiger charge is 2.20. The first kappa shape index (κ1) is 23.0. The van der Waals surface area contributed by atoms with Gasteiger partial charge in [-0.15, -0.1) is 0 Å². The molecule has 0 aliphatic heterocycles. The molecular formula is C27H25FN2O4. The summed E-state index contributed by atoms with van der Waals surface area (Å²) in [6.45, 7) is 2.46. The van der Waals surface area contributed by atoms with Gasteiger partial charge >= 0.3 is 0 Å². The third-order valence-corrected chi connectivity index (χ3v) is 5.46. The summed E-state index contributed by atoms with van der Waals surface area (Å²) in [5, 5.41) is 4.18. The van der Waals surface area contributed by atoms with Crippen molar-refractivity contribution in [1.29, 1.82) is 0 Å². The lowest BCUT2D eigenvalue weighted by Crippen LogP contribution is -2.30. The molecule has 0 radical (unpaired) electrons. The Morgan fingerprint density at radius 3 is 2.35 bits per heavy atom. The van der Waals surface area contributed by atoms with E-state index in [-0.39, 0.29) is 24.8 Å². The molecule has 3 aromatic carbocycles. The van der Waals surface area contributed by atoms with E-state index < -0.39 is 0 Å². The molecule has 6 nitrogen and oxygen atoms in total. The minimum absolute atomic E-state index is 0.159. The van der Waals surface area contributed by atoms with Gasteiger partial charge in [0.05, 0.1) is 26.3 Å². The van der Waals surface area contributed by atoms with Crippen molar-refractivity contribution in [1.82, 2.24) is 10.1 Å². The molecule has 0 fully saturated rings. The van der Waals surface area contributed by atoms with Crippen LogP contribution in [-0.4, -0.2) is 30.2 Å². The van der Waals surface area contributed by atoms with Crippen molar-refractivity contribution in [3.05, 3.63) is 101 Å². The molecule has 0 aliphatic carbocycles. The van der Waals surface area contributed by atoms with E-state index >= 15 is 0 Å². The van der Waals surface area contributed by atoms with E-state index in [1.807, 2.05) is 19.1 Å². The number of carbonyl (C=O) groups is 1. The molecule has 4 aromatic rings. The Morgan fingerprint density at radius 2 is 1.68 bits per heavy atom. The van der Waals surface area contributed by atoms with E-state index in [2.05, 4.69) is 5.16 Å². The van der Waals surface area contributed by atoms with Crippen LogP contribution in [0.1, 0.15) is 27.2 Å². The molecule has 0 saturated heterocycles. The van der Waals surface area contributed by atoms with Crippen LogP contribution in [0.5, 0.6) is 11.5 Å². The largest absolute Gasteiger partial charge is 0.497 e. The van der Waals surface area contributed by atoms with Crippen molar-refractivity contribution in [3.8, 4) is 22.8 Å². The number of ether oxygens (including phenoxy) is 2. The second kappa shape index (κ2) is 10.2. The second-order valence-corrected chi connectivity index (χ2v) is 7.90. The number of methoxy groups -OCH3 is 2. The molecule has 0 atom stereocenters. The van der Waals surface area contributed by atoms with Gasteiger partial charge in [0, 0.05) is 18.2 Å². The standard InChI is InChI=1S/C27H25FN2O4/c1-18-4-8-20(9-5-18)27(31)30(16-19-6-10-21(28)11-7-19)17-22-14-26(34-29-22)24-15-23(32-2)12-13-25(24)33-3/h4-15H,16-17H2,1-3H3. The Bertz CT molecular complexity index is 1270. The maximum Gasteiger partial charge on any atom is 0.254 e. The summed E-state index contributed by atoms with van der Waals surface area (Å²) < 4.78 is 29.7. The van der Waals surface area contributed by atoms with Crippen molar-refractivity contribution in [2.75, 3.05) is 14.2 Å². The van der Waals surface area contributed by atoms with Gasteiger partial charge in [-0.1, -0.05) is 35.0 Å². The Kier molecular flexibility index (Phi) is 6.92. The summed E-state index contributed by atoms with van der Waals surface area (Å²) in [5.41, 5.74) is 3.69. The monoisotopic (exact) mass is 460 g/mol. The van der Waals surface area contributed by atoms with Crippen molar-refractivity contribution < 1.29 is 23.2 Å². The molecule has 1 amide bonds. The molecule has 0 aliphatic rings. The number of halogens is 1. The molecule has 4 rings (SSSR count). The number of hydrogen-bond acceptors (Lipinski definition) is 5. The zero-order valence-electron chi connectivity index (χ0n) is 19.2. The summed E-state index contributed by atoms with van der Waals surface area (Å²) in [4.78, 5) is 15.0. The molecular weight excluding hydrogens is 435 g/mol. The Labute approximate surface area is 197 Å². The number of nitrogens with zero attached hydrogens (tertiary/aromatic N) is 2. The van der Waals surface area contributed by atoms with E-state index in [4.69, 9.17) is 14.0 Å². The zero-order chi connectivity index (χ0) is 24.1. The van der Waals surface area contributed by atoms with Crippen molar-refractivity contribution >= 4 is 5.91 Å². The fourth-order valence-corrected chi connectivity index (χ4v) is 3.60. The first-order chi connectivity index (χ1) is 16.5. The van der Waals surface area contributed by atoms with E-state index in [0.29, 0.717) is 34.1 Å². The van der Waals surface area contributed by atoms with Gasteiger partial charge in [-0.05, 0) is 55.0 Å². The third-order valence-electron chi connectivity index (χ3n) is 5.46. The van der Waals surface area contributed by atoms with Crippen molar-refractivity contribution in [3.63, 3.8) is 0 Å². The van der Waals surface area contributed by atoms with Crippen LogP contribution in [0.3, 0.4) is 0 Å². The van der Waals surface area contributed by atoms with Crippen molar-refractivity contribution in [2.45, 2.75) is 20.0 Å². The van der Waals surface area contributed by atoms with E-state index in [1.54, 1.807) is 67.7 Å². The van der Waals surface area contributed by atoms with Gasteiger partial charge in [-0.2, -0.15) is 0 Å². The fraction of sp³-hybridized carbons (Fsp3) is 0.185. The summed E-state index contributed by atoms with van der Waals surface area (Å²) in [6, 6.07) is 20.6. The lowest BCUT2D eigenvalue weighted by molar-refractivity contribution is 0.0726. The van der Waals surface area contributed by atoms with Crippen LogP contribution in [0.25, 0.3) is 11.3 Å². The van der Waals surface area contributed by atoms with Gasteiger partial charge in [0.1, 0.15) is 23.0 Å². The van der Waals surface area contributed by atoms with Gasteiger partial charge < -0.3 is 18.9 Å². The van der Waals surface area contributed by atoms with Gasteiger partial charge in [-0.25, -0.2) is 4.39 Å². The second-order valence-electron chi connectivity index (χ2n) is 7.90. The van der Waals surface area contributed by atoms with Crippen LogP contribution in [0, 0.1) is 12.7 Å². The van der Waals surface area contributed by atoms with Crippen molar-refractivity contribution in [2.24, 2.45) is 0 Å². The van der Waals surface area contributed by atoms with E-state index in [9.17, 15) is 9.18 Å². The number of amides is 1. The van der Waals surface area contributed by atoms with Crippen LogP contribution in [0.2, 0.25) is 0 Å². The summed E-state index contributed by atoms with van der Waals surface area (Å²) >= 11 is 0. The Morgan fingerprint density at radius 1 is 0.941 bits per heavy atom. The average molecular weight is 461 g/mol. The molecule has 174 valence electrons. The third kappa shape index (κ3) is 5.26. The number of aryl methyl sites for hydroxylation is 1. The van der Waals surface area contributed by atoms with Crippen LogP contribution < -0.4 is 9.47 Å². The first-order valence-electron chi connectivity index (χ1n) is 10.7. The first-order valence-corrected chi connectivity index (χ1v) is 10.7. The smallest absolute Gasteiger partial charge is 0.254 e. The molecule has 7 heteroatoms. The molecule has 0 spiro atoms. The van der Waals surface area contributed by atoms with Gasteiger partial charge in [0.15, 0.2) is 5.76 Å². The predicted molar refractivity (Wildman–Crippen MR) is 126 cm³/mol. The topological polar surface area (TPSA) is 64.8 Å². The predicted octanol–water partition coefficient (Wildman–Crippen LogP) is 5.65. The Balaban J connectivity index is 1.63. The number of benzene rings is 3. The lowest BCUT2D eigenvalue weighted by Gasteiger charge is -2.22. The van der Waals surface area contributed by atoms with Crippen LogP contribution in [0.15, 0.2) is 77.3 Å². The number of rotatable bonds is 8. The fourth-order valence-electron chi connectivity index (χ4n) is 3.60.